The van der Waals surface area contributed by atoms with Crippen molar-refractivity contribution in [1.29, 1.82) is 0 Å². The van der Waals surface area contributed by atoms with Crippen molar-refractivity contribution in [1.82, 2.24) is 15.2 Å². The number of carbonyl (C=O) groups is 1. The van der Waals surface area contributed by atoms with Gasteiger partial charge in [-0.15, -0.1) is 10.2 Å². The fourth-order valence-corrected chi connectivity index (χ4v) is 3.43. The molecule has 2 aromatic heterocycles. The molecule has 5 nitrogen and oxygen atoms in total. The van der Waals surface area contributed by atoms with E-state index in [0.717, 1.165) is 16.3 Å². The number of amides is 1. The second kappa shape index (κ2) is 7.34. The summed E-state index contributed by atoms with van der Waals surface area (Å²) in [6.45, 7) is 2.00. The molecule has 2 heterocycles. The molecule has 1 aromatic carbocycles. The number of anilines is 1. The third-order valence-electron chi connectivity index (χ3n) is 2.96. The van der Waals surface area contributed by atoms with Crippen molar-refractivity contribution in [2.24, 2.45) is 0 Å². The van der Waals surface area contributed by atoms with Crippen LogP contribution in [-0.2, 0) is 6.42 Å². The van der Waals surface area contributed by atoms with Gasteiger partial charge in [0, 0.05) is 11.1 Å². The van der Waals surface area contributed by atoms with Crippen LogP contribution in [0.25, 0.3) is 0 Å². The number of nitrogens with zero attached hydrogens (tertiary/aromatic N) is 3. The van der Waals surface area contributed by atoms with Crippen molar-refractivity contribution in [3.05, 3.63) is 59.2 Å². The van der Waals surface area contributed by atoms with E-state index < -0.39 is 0 Å². The zero-order chi connectivity index (χ0) is 16.1. The highest BCUT2D eigenvalue weighted by atomic mass is 32.2. The fourth-order valence-electron chi connectivity index (χ4n) is 1.86. The lowest BCUT2D eigenvalue weighted by Gasteiger charge is -2.07. The van der Waals surface area contributed by atoms with E-state index in [2.05, 4.69) is 20.5 Å². The molecule has 3 aromatic rings. The number of hydrogen-bond donors (Lipinski definition) is 1. The Hall–Kier alpha value is -2.25. The molecule has 23 heavy (non-hydrogen) atoms. The van der Waals surface area contributed by atoms with Gasteiger partial charge < -0.3 is 0 Å². The summed E-state index contributed by atoms with van der Waals surface area (Å²) in [5.74, 6) is -0.227. The van der Waals surface area contributed by atoms with Gasteiger partial charge in [0.05, 0.1) is 5.56 Å². The highest BCUT2D eigenvalue weighted by Crippen LogP contribution is 2.29. The molecule has 0 radical (unpaired) electrons. The van der Waals surface area contributed by atoms with Crippen molar-refractivity contribution < 1.29 is 4.79 Å². The number of aryl methyl sites for hydroxylation is 1. The molecule has 1 N–H and O–H groups in total. The van der Waals surface area contributed by atoms with E-state index in [1.807, 2.05) is 37.3 Å². The van der Waals surface area contributed by atoms with Crippen LogP contribution in [0.1, 0.15) is 22.3 Å². The van der Waals surface area contributed by atoms with E-state index in [4.69, 9.17) is 0 Å². The minimum Gasteiger partial charge on any atom is -0.296 e. The topological polar surface area (TPSA) is 67.8 Å². The summed E-state index contributed by atoms with van der Waals surface area (Å²) in [5.41, 5.74) is 0.523. The van der Waals surface area contributed by atoms with Crippen molar-refractivity contribution in [2.75, 3.05) is 5.32 Å². The zero-order valence-electron chi connectivity index (χ0n) is 12.4. The summed E-state index contributed by atoms with van der Waals surface area (Å²) in [6.07, 6.45) is 2.48. The minimum atomic E-state index is -0.227. The molecule has 0 fully saturated rings. The molecule has 0 unspecified atom stereocenters. The average molecular weight is 342 g/mol. The van der Waals surface area contributed by atoms with E-state index >= 15 is 0 Å². The molecule has 0 aliphatic heterocycles. The Labute approximate surface area is 142 Å². The van der Waals surface area contributed by atoms with E-state index in [1.165, 1.54) is 23.1 Å². The monoisotopic (exact) mass is 342 g/mol. The van der Waals surface area contributed by atoms with Gasteiger partial charge in [-0.3, -0.25) is 10.1 Å². The predicted octanol–water partition coefficient (Wildman–Crippen LogP) is 3.90. The van der Waals surface area contributed by atoms with Crippen molar-refractivity contribution in [3.63, 3.8) is 0 Å². The SMILES string of the molecule is CCc1nnc(NC(=O)c2cccnc2Sc2ccccc2)s1. The number of pyridine rings is 1. The smallest absolute Gasteiger partial charge is 0.260 e. The van der Waals surface area contributed by atoms with Gasteiger partial charge in [-0.2, -0.15) is 0 Å². The molecule has 1 amide bonds. The second-order valence-corrected chi connectivity index (χ2v) is 6.70. The molecular formula is C16H14N4OS2. The van der Waals surface area contributed by atoms with Gasteiger partial charge in [0.1, 0.15) is 10.0 Å². The van der Waals surface area contributed by atoms with Crippen molar-refractivity contribution in [2.45, 2.75) is 23.3 Å². The van der Waals surface area contributed by atoms with Gasteiger partial charge in [-0.25, -0.2) is 4.98 Å². The molecule has 0 aliphatic carbocycles. The molecule has 0 aliphatic rings. The maximum atomic E-state index is 12.5. The predicted molar refractivity (Wildman–Crippen MR) is 92.0 cm³/mol. The van der Waals surface area contributed by atoms with Crippen LogP contribution in [0.2, 0.25) is 0 Å². The molecule has 7 heteroatoms. The Morgan fingerprint density at radius 3 is 2.74 bits per heavy atom. The quantitative estimate of drug-likeness (QED) is 0.761. The minimum absolute atomic E-state index is 0.227. The van der Waals surface area contributed by atoms with Crippen molar-refractivity contribution >= 4 is 34.1 Å². The Morgan fingerprint density at radius 1 is 1.17 bits per heavy atom. The maximum Gasteiger partial charge on any atom is 0.260 e. The number of benzene rings is 1. The van der Waals surface area contributed by atoms with Crippen LogP contribution < -0.4 is 5.32 Å². The first kappa shape index (κ1) is 15.6. The second-order valence-electron chi connectivity index (χ2n) is 4.58. The highest BCUT2D eigenvalue weighted by molar-refractivity contribution is 7.99. The summed E-state index contributed by atoms with van der Waals surface area (Å²) in [4.78, 5) is 17.9. The maximum absolute atomic E-state index is 12.5. The van der Waals surface area contributed by atoms with Gasteiger partial charge in [-0.05, 0) is 30.7 Å². The molecule has 3 rings (SSSR count). The Morgan fingerprint density at radius 2 is 2.00 bits per heavy atom. The molecule has 0 saturated carbocycles. The number of nitrogens with one attached hydrogen (secondary N) is 1. The van der Waals surface area contributed by atoms with Gasteiger partial charge >= 0.3 is 0 Å². The van der Waals surface area contributed by atoms with Gasteiger partial charge in [0.2, 0.25) is 5.13 Å². The highest BCUT2D eigenvalue weighted by Gasteiger charge is 2.15. The van der Waals surface area contributed by atoms with Crippen LogP contribution in [-0.4, -0.2) is 21.1 Å². The van der Waals surface area contributed by atoms with Crippen LogP contribution in [0.15, 0.2) is 58.6 Å². The lowest BCUT2D eigenvalue weighted by Crippen LogP contribution is -2.13. The van der Waals surface area contributed by atoms with Gasteiger partial charge in [0.15, 0.2) is 0 Å². The van der Waals surface area contributed by atoms with Crippen LogP contribution >= 0.6 is 23.1 Å². The first-order chi connectivity index (χ1) is 11.3. The molecular weight excluding hydrogens is 328 g/mol. The summed E-state index contributed by atoms with van der Waals surface area (Å²) >= 11 is 2.84. The fraction of sp³-hybridized carbons (Fsp3) is 0.125. The summed E-state index contributed by atoms with van der Waals surface area (Å²) in [7, 11) is 0. The first-order valence-electron chi connectivity index (χ1n) is 7.08. The standard InChI is InChI=1S/C16H14N4OS2/c1-2-13-19-20-16(23-13)18-14(21)12-9-6-10-17-15(12)22-11-7-4-3-5-8-11/h3-10H,2H2,1H3,(H,18,20,21). The lowest BCUT2D eigenvalue weighted by molar-refractivity contribution is 0.102. The van der Waals surface area contributed by atoms with Gasteiger partial charge in [0.25, 0.3) is 5.91 Å². The van der Waals surface area contributed by atoms with Crippen molar-refractivity contribution in [3.8, 4) is 0 Å². The van der Waals surface area contributed by atoms with E-state index in [1.54, 1.807) is 18.3 Å². The van der Waals surface area contributed by atoms with E-state index in [0.29, 0.717) is 15.7 Å². The van der Waals surface area contributed by atoms with Crippen LogP contribution in [0.5, 0.6) is 0 Å². The Kier molecular flexibility index (Phi) is 4.99. The Bertz CT molecular complexity index is 805. The third kappa shape index (κ3) is 3.94. The number of rotatable bonds is 5. The number of hydrogen-bond acceptors (Lipinski definition) is 6. The summed E-state index contributed by atoms with van der Waals surface area (Å²) < 4.78 is 0. The van der Waals surface area contributed by atoms with Crippen LogP contribution in [0, 0.1) is 0 Å². The molecule has 0 spiro atoms. The number of aromatic nitrogens is 3. The molecule has 116 valence electrons. The normalized spacial score (nSPS) is 10.5. The van der Waals surface area contributed by atoms with Crippen LogP contribution in [0.4, 0.5) is 5.13 Å². The van der Waals surface area contributed by atoms with E-state index in [9.17, 15) is 4.79 Å². The summed E-state index contributed by atoms with van der Waals surface area (Å²) in [6, 6.07) is 13.4. The lowest BCUT2D eigenvalue weighted by atomic mass is 10.3. The average Bonchev–Trinajstić information content (AvgIpc) is 3.04. The number of carbonyl (C=O) groups excluding carboxylic acids is 1. The zero-order valence-corrected chi connectivity index (χ0v) is 14.0. The molecule has 0 saturated heterocycles. The van der Waals surface area contributed by atoms with E-state index in [-0.39, 0.29) is 5.91 Å². The molecule has 0 bridgehead atoms. The largest absolute Gasteiger partial charge is 0.296 e. The molecule has 0 atom stereocenters. The first-order valence-corrected chi connectivity index (χ1v) is 8.71. The van der Waals surface area contributed by atoms with Gasteiger partial charge in [-0.1, -0.05) is 48.2 Å². The third-order valence-corrected chi connectivity index (χ3v) is 4.97. The summed E-state index contributed by atoms with van der Waals surface area (Å²) in [5, 5.41) is 12.8. The Balaban J connectivity index is 1.80. The van der Waals surface area contributed by atoms with Crippen LogP contribution in [0.3, 0.4) is 0 Å².